The Hall–Kier alpha value is -2.38. The van der Waals surface area contributed by atoms with Gasteiger partial charge >= 0.3 is 5.97 Å². The zero-order valence-electron chi connectivity index (χ0n) is 13.5. The molecule has 3 rings (SSSR count). The standard InChI is InChI=1S/C18H19NO5S/c20-18(21)12-24-16-9-7-13-10-15(8-6-14(13)11-16)19-25(22,23)17-4-2-1-3-5-17/h1-5,7,9,11,15,19H,6,8,10,12H2,(H,20,21). The third-order valence-electron chi connectivity index (χ3n) is 4.14. The van der Waals surface area contributed by atoms with Crippen molar-refractivity contribution in [3.05, 3.63) is 59.7 Å². The number of sulfonamides is 1. The molecule has 0 fully saturated rings. The highest BCUT2D eigenvalue weighted by molar-refractivity contribution is 7.89. The molecule has 6 nitrogen and oxygen atoms in total. The first-order valence-electron chi connectivity index (χ1n) is 7.98. The number of carboxylic acid groups (broad SMARTS) is 1. The summed E-state index contributed by atoms with van der Waals surface area (Å²) < 4.78 is 32.8. The molecule has 0 radical (unpaired) electrons. The fourth-order valence-electron chi connectivity index (χ4n) is 2.95. The quantitative estimate of drug-likeness (QED) is 0.821. The van der Waals surface area contributed by atoms with Crippen LogP contribution in [-0.2, 0) is 27.7 Å². The highest BCUT2D eigenvalue weighted by atomic mass is 32.2. The van der Waals surface area contributed by atoms with Gasteiger partial charge in [0, 0.05) is 6.04 Å². The molecule has 0 saturated heterocycles. The molecule has 1 unspecified atom stereocenters. The molecule has 0 amide bonds. The minimum absolute atomic E-state index is 0.163. The van der Waals surface area contributed by atoms with Crippen LogP contribution in [0, 0.1) is 0 Å². The Morgan fingerprint density at radius 1 is 1.16 bits per heavy atom. The Labute approximate surface area is 146 Å². The van der Waals surface area contributed by atoms with Gasteiger partial charge in [0.15, 0.2) is 6.61 Å². The SMILES string of the molecule is O=C(O)COc1ccc2c(c1)CCC(NS(=O)(=O)c1ccccc1)C2. The van der Waals surface area contributed by atoms with Gasteiger partial charge in [0.2, 0.25) is 10.0 Å². The first kappa shape index (κ1) is 17.4. The smallest absolute Gasteiger partial charge is 0.341 e. The van der Waals surface area contributed by atoms with E-state index in [4.69, 9.17) is 9.84 Å². The molecule has 0 bridgehead atoms. The summed E-state index contributed by atoms with van der Waals surface area (Å²) in [6.07, 6.45) is 1.99. The lowest BCUT2D eigenvalue weighted by atomic mass is 9.89. The lowest BCUT2D eigenvalue weighted by Crippen LogP contribution is -2.38. The normalized spacial score (nSPS) is 16.9. The van der Waals surface area contributed by atoms with Crippen molar-refractivity contribution in [3.8, 4) is 5.75 Å². The van der Waals surface area contributed by atoms with Crippen LogP contribution >= 0.6 is 0 Å². The molecule has 2 aromatic rings. The van der Waals surface area contributed by atoms with Crippen molar-refractivity contribution in [1.29, 1.82) is 0 Å². The first-order chi connectivity index (χ1) is 11.9. The molecule has 0 heterocycles. The third-order valence-corrected chi connectivity index (χ3v) is 5.68. The average Bonchev–Trinajstić information content (AvgIpc) is 2.60. The fourth-order valence-corrected chi connectivity index (χ4v) is 4.25. The number of hydrogen-bond acceptors (Lipinski definition) is 4. The topological polar surface area (TPSA) is 92.7 Å². The van der Waals surface area contributed by atoms with Gasteiger partial charge in [-0.05, 0) is 54.7 Å². The fraction of sp³-hybridized carbons (Fsp3) is 0.278. The van der Waals surface area contributed by atoms with Crippen molar-refractivity contribution in [2.24, 2.45) is 0 Å². The number of fused-ring (bicyclic) bond motifs is 1. The van der Waals surface area contributed by atoms with Gasteiger partial charge in [-0.25, -0.2) is 17.9 Å². The first-order valence-corrected chi connectivity index (χ1v) is 9.46. The molecule has 1 aliphatic rings. The van der Waals surface area contributed by atoms with Gasteiger partial charge in [-0.15, -0.1) is 0 Å². The van der Waals surface area contributed by atoms with E-state index in [1.807, 2.05) is 12.1 Å². The van der Waals surface area contributed by atoms with E-state index < -0.39 is 16.0 Å². The minimum Gasteiger partial charge on any atom is -0.482 e. The maximum atomic E-state index is 12.4. The Bertz CT molecular complexity index is 864. The van der Waals surface area contributed by atoms with Gasteiger partial charge in [-0.3, -0.25) is 0 Å². The number of hydrogen-bond donors (Lipinski definition) is 2. The molecule has 0 saturated carbocycles. The van der Waals surface area contributed by atoms with E-state index in [2.05, 4.69) is 4.72 Å². The summed E-state index contributed by atoms with van der Waals surface area (Å²) in [5.74, 6) is -0.502. The van der Waals surface area contributed by atoms with Crippen LogP contribution < -0.4 is 9.46 Å². The van der Waals surface area contributed by atoms with E-state index >= 15 is 0 Å². The second-order valence-electron chi connectivity index (χ2n) is 5.99. The summed E-state index contributed by atoms with van der Waals surface area (Å²) in [5, 5.41) is 8.66. The van der Waals surface area contributed by atoms with Crippen LogP contribution in [0.1, 0.15) is 17.5 Å². The average molecular weight is 361 g/mol. The van der Waals surface area contributed by atoms with Gasteiger partial charge in [0.05, 0.1) is 4.90 Å². The van der Waals surface area contributed by atoms with Gasteiger partial charge in [0.25, 0.3) is 0 Å². The monoisotopic (exact) mass is 361 g/mol. The van der Waals surface area contributed by atoms with Crippen molar-refractivity contribution in [3.63, 3.8) is 0 Å². The zero-order valence-corrected chi connectivity index (χ0v) is 14.3. The van der Waals surface area contributed by atoms with E-state index in [0.29, 0.717) is 25.0 Å². The number of nitrogens with one attached hydrogen (secondary N) is 1. The number of aliphatic carboxylic acids is 1. The van der Waals surface area contributed by atoms with Crippen molar-refractivity contribution in [2.75, 3.05) is 6.61 Å². The van der Waals surface area contributed by atoms with E-state index in [9.17, 15) is 13.2 Å². The number of carboxylic acids is 1. The lowest BCUT2D eigenvalue weighted by Gasteiger charge is -2.25. The number of aryl methyl sites for hydroxylation is 1. The molecule has 1 aliphatic carbocycles. The molecule has 0 aromatic heterocycles. The molecule has 25 heavy (non-hydrogen) atoms. The van der Waals surface area contributed by atoms with Crippen LogP contribution in [0.3, 0.4) is 0 Å². The second kappa shape index (κ2) is 7.25. The van der Waals surface area contributed by atoms with E-state index in [-0.39, 0.29) is 17.5 Å². The molecule has 1 atom stereocenters. The number of ether oxygens (including phenoxy) is 1. The summed E-state index contributed by atoms with van der Waals surface area (Å²) in [7, 11) is -3.53. The molecular weight excluding hydrogens is 342 g/mol. The summed E-state index contributed by atoms with van der Waals surface area (Å²) in [4.78, 5) is 10.8. The van der Waals surface area contributed by atoms with Crippen molar-refractivity contribution >= 4 is 16.0 Å². The number of benzene rings is 2. The van der Waals surface area contributed by atoms with E-state index in [1.165, 1.54) is 0 Å². The highest BCUT2D eigenvalue weighted by Crippen LogP contribution is 2.26. The van der Waals surface area contributed by atoms with Crippen LogP contribution in [0.2, 0.25) is 0 Å². The molecular formula is C18H19NO5S. The maximum Gasteiger partial charge on any atom is 0.341 e. The van der Waals surface area contributed by atoms with Crippen LogP contribution in [0.4, 0.5) is 0 Å². The molecule has 0 spiro atoms. The molecule has 0 aliphatic heterocycles. The Morgan fingerprint density at radius 3 is 2.64 bits per heavy atom. The van der Waals surface area contributed by atoms with Crippen molar-refractivity contribution in [2.45, 2.75) is 30.2 Å². The van der Waals surface area contributed by atoms with Crippen LogP contribution in [-0.4, -0.2) is 32.1 Å². The lowest BCUT2D eigenvalue weighted by molar-refractivity contribution is -0.139. The Balaban J connectivity index is 1.68. The summed E-state index contributed by atoms with van der Waals surface area (Å²) >= 11 is 0. The van der Waals surface area contributed by atoms with Crippen molar-refractivity contribution in [1.82, 2.24) is 4.72 Å². The molecule has 2 N–H and O–H groups in total. The number of carbonyl (C=O) groups is 1. The Kier molecular flexibility index (Phi) is 5.06. The molecule has 132 valence electrons. The van der Waals surface area contributed by atoms with Crippen LogP contribution in [0.15, 0.2) is 53.4 Å². The predicted octanol–water partition coefficient (Wildman–Crippen LogP) is 1.99. The maximum absolute atomic E-state index is 12.4. The van der Waals surface area contributed by atoms with Crippen molar-refractivity contribution < 1.29 is 23.1 Å². The van der Waals surface area contributed by atoms with Gasteiger partial charge in [-0.1, -0.05) is 24.3 Å². The summed E-state index contributed by atoms with van der Waals surface area (Å²) in [5.41, 5.74) is 2.12. The summed E-state index contributed by atoms with van der Waals surface area (Å²) in [6.45, 7) is -0.377. The minimum atomic E-state index is -3.53. The largest absolute Gasteiger partial charge is 0.482 e. The van der Waals surface area contributed by atoms with Crippen LogP contribution in [0.25, 0.3) is 0 Å². The number of rotatable bonds is 6. The zero-order chi connectivity index (χ0) is 17.9. The van der Waals surface area contributed by atoms with E-state index in [0.717, 1.165) is 11.1 Å². The van der Waals surface area contributed by atoms with Gasteiger partial charge in [0.1, 0.15) is 5.75 Å². The highest BCUT2D eigenvalue weighted by Gasteiger charge is 2.24. The van der Waals surface area contributed by atoms with Gasteiger partial charge < -0.3 is 9.84 Å². The van der Waals surface area contributed by atoms with Gasteiger partial charge in [-0.2, -0.15) is 0 Å². The summed E-state index contributed by atoms with van der Waals surface area (Å²) in [6, 6.07) is 13.6. The third kappa shape index (κ3) is 4.37. The van der Waals surface area contributed by atoms with Crippen LogP contribution in [0.5, 0.6) is 5.75 Å². The molecule has 7 heteroatoms. The predicted molar refractivity (Wildman–Crippen MR) is 92.1 cm³/mol. The molecule has 2 aromatic carbocycles. The second-order valence-corrected chi connectivity index (χ2v) is 7.70. The Morgan fingerprint density at radius 2 is 1.92 bits per heavy atom. The van der Waals surface area contributed by atoms with E-state index in [1.54, 1.807) is 36.4 Å².